The third-order valence-corrected chi connectivity index (χ3v) is 4.50. The number of aryl methyl sites for hydroxylation is 1. The van der Waals surface area contributed by atoms with Gasteiger partial charge in [-0.2, -0.15) is 4.99 Å². The normalized spacial score (nSPS) is 17.1. The van der Waals surface area contributed by atoms with Crippen LogP contribution in [-0.2, 0) is 21.5 Å². The molecule has 0 aromatic heterocycles. The Kier molecular flexibility index (Phi) is 4.42. The zero-order valence-corrected chi connectivity index (χ0v) is 12.6. The van der Waals surface area contributed by atoms with Crippen LogP contribution in [-0.4, -0.2) is 18.8 Å². The van der Waals surface area contributed by atoms with Crippen molar-refractivity contribution in [2.75, 3.05) is 7.11 Å². The minimum absolute atomic E-state index is 0.0876. The zero-order valence-electron chi connectivity index (χ0n) is 12.6. The molecular weight excluding hydrogens is 250 g/mol. The summed E-state index contributed by atoms with van der Waals surface area (Å²) in [7, 11) is 1.75. The van der Waals surface area contributed by atoms with E-state index in [1.54, 1.807) is 13.2 Å². The van der Waals surface area contributed by atoms with Gasteiger partial charge in [0.25, 0.3) is 0 Å². The smallest absolute Gasteiger partial charge is 0.235 e. The van der Waals surface area contributed by atoms with Crippen LogP contribution in [0.5, 0.6) is 0 Å². The van der Waals surface area contributed by atoms with Gasteiger partial charge in [-0.25, -0.2) is 4.79 Å². The zero-order chi connectivity index (χ0) is 14.6. The number of hydrogen-bond acceptors (Lipinski definition) is 3. The molecule has 1 aromatic carbocycles. The van der Waals surface area contributed by atoms with Gasteiger partial charge in [0.15, 0.2) is 0 Å². The van der Waals surface area contributed by atoms with E-state index in [-0.39, 0.29) is 11.1 Å². The number of hydrogen-bond donors (Lipinski definition) is 0. The average molecular weight is 273 g/mol. The van der Waals surface area contributed by atoms with Gasteiger partial charge in [-0.1, -0.05) is 24.3 Å². The highest BCUT2D eigenvalue weighted by Gasteiger charge is 2.38. The van der Waals surface area contributed by atoms with Crippen molar-refractivity contribution in [2.45, 2.75) is 57.1 Å². The maximum atomic E-state index is 10.6. The Morgan fingerprint density at radius 3 is 2.40 bits per heavy atom. The second kappa shape index (κ2) is 5.90. The molecule has 1 aliphatic rings. The fourth-order valence-corrected chi connectivity index (χ4v) is 2.59. The van der Waals surface area contributed by atoms with Crippen molar-refractivity contribution in [1.82, 2.24) is 0 Å². The molecule has 0 unspecified atom stereocenters. The van der Waals surface area contributed by atoms with Crippen LogP contribution in [0.4, 0.5) is 0 Å². The summed E-state index contributed by atoms with van der Waals surface area (Å²) >= 11 is 0. The average Bonchev–Trinajstić information content (AvgIpc) is 2.41. The maximum Gasteiger partial charge on any atom is 0.235 e. The van der Waals surface area contributed by atoms with Gasteiger partial charge in [0.2, 0.25) is 6.08 Å². The summed E-state index contributed by atoms with van der Waals surface area (Å²) in [6.07, 6.45) is 6.76. The Labute approximate surface area is 121 Å². The molecule has 0 bridgehead atoms. The van der Waals surface area contributed by atoms with E-state index in [0.717, 1.165) is 37.7 Å². The van der Waals surface area contributed by atoms with Crippen LogP contribution in [0.3, 0.4) is 0 Å². The molecule has 3 heteroatoms. The molecule has 108 valence electrons. The number of nitrogens with zero attached hydrogens (tertiary/aromatic N) is 1. The predicted octanol–water partition coefficient (Wildman–Crippen LogP) is 3.76. The Morgan fingerprint density at radius 1 is 1.30 bits per heavy atom. The van der Waals surface area contributed by atoms with Crippen molar-refractivity contribution in [2.24, 2.45) is 4.99 Å². The quantitative estimate of drug-likeness (QED) is 0.584. The second-order valence-corrected chi connectivity index (χ2v) is 6.25. The fourth-order valence-electron chi connectivity index (χ4n) is 2.59. The first kappa shape index (κ1) is 15.0. The first-order valence-electron chi connectivity index (χ1n) is 7.25. The molecular formula is C17H23NO2. The summed E-state index contributed by atoms with van der Waals surface area (Å²) < 4.78 is 5.44. The van der Waals surface area contributed by atoms with Crippen molar-refractivity contribution < 1.29 is 9.53 Å². The summed E-state index contributed by atoms with van der Waals surface area (Å²) in [5, 5.41) is 0. The first-order chi connectivity index (χ1) is 9.51. The SMILES string of the molecule is COC(C)(C)CCc1ccc(C2(N=C=O)CCC2)cc1. The van der Waals surface area contributed by atoms with Gasteiger partial charge in [-0.3, -0.25) is 0 Å². The van der Waals surface area contributed by atoms with Gasteiger partial charge in [0.1, 0.15) is 0 Å². The lowest BCUT2D eigenvalue weighted by atomic mass is 9.72. The summed E-state index contributed by atoms with van der Waals surface area (Å²) in [6.45, 7) is 4.20. The topological polar surface area (TPSA) is 38.7 Å². The molecule has 1 saturated carbocycles. The molecule has 20 heavy (non-hydrogen) atoms. The van der Waals surface area contributed by atoms with Crippen molar-refractivity contribution in [3.63, 3.8) is 0 Å². The molecule has 3 nitrogen and oxygen atoms in total. The van der Waals surface area contributed by atoms with Crippen LogP contribution in [0.1, 0.15) is 50.7 Å². The van der Waals surface area contributed by atoms with Crippen LogP contribution in [0.15, 0.2) is 29.3 Å². The standard InChI is InChI=1S/C17H23NO2/c1-16(2,20-3)12-9-14-5-7-15(8-6-14)17(18-13-19)10-4-11-17/h5-8H,4,9-12H2,1-3H3. The van der Waals surface area contributed by atoms with Gasteiger partial charge in [-0.15, -0.1) is 0 Å². The van der Waals surface area contributed by atoms with Crippen LogP contribution in [0.25, 0.3) is 0 Å². The summed E-state index contributed by atoms with van der Waals surface area (Å²) in [4.78, 5) is 14.6. The Hall–Kier alpha value is -1.44. The van der Waals surface area contributed by atoms with E-state index in [2.05, 4.69) is 43.1 Å². The predicted molar refractivity (Wildman–Crippen MR) is 79.5 cm³/mol. The highest BCUT2D eigenvalue weighted by molar-refractivity contribution is 5.40. The van der Waals surface area contributed by atoms with Gasteiger partial charge < -0.3 is 4.74 Å². The lowest BCUT2D eigenvalue weighted by molar-refractivity contribution is 0.0158. The molecule has 0 heterocycles. The molecule has 1 fully saturated rings. The van der Waals surface area contributed by atoms with E-state index in [9.17, 15) is 4.79 Å². The molecule has 2 rings (SSSR count). The van der Waals surface area contributed by atoms with E-state index < -0.39 is 0 Å². The molecule has 0 N–H and O–H groups in total. The molecule has 0 atom stereocenters. The lowest BCUT2D eigenvalue weighted by Gasteiger charge is -2.37. The molecule has 0 spiro atoms. The van der Waals surface area contributed by atoms with E-state index in [1.165, 1.54) is 5.56 Å². The maximum absolute atomic E-state index is 10.6. The van der Waals surface area contributed by atoms with Gasteiger partial charge in [0.05, 0.1) is 11.1 Å². The van der Waals surface area contributed by atoms with E-state index in [4.69, 9.17) is 4.74 Å². The minimum Gasteiger partial charge on any atom is -0.379 e. The number of methoxy groups -OCH3 is 1. The largest absolute Gasteiger partial charge is 0.379 e. The molecule has 1 aliphatic carbocycles. The summed E-state index contributed by atoms with van der Waals surface area (Å²) in [5.41, 5.74) is 2.06. The minimum atomic E-state index is -0.286. The van der Waals surface area contributed by atoms with Gasteiger partial charge in [0, 0.05) is 7.11 Å². The first-order valence-corrected chi connectivity index (χ1v) is 7.25. The van der Waals surface area contributed by atoms with Crippen molar-refractivity contribution in [3.05, 3.63) is 35.4 Å². The number of benzene rings is 1. The Morgan fingerprint density at radius 2 is 1.95 bits per heavy atom. The highest BCUT2D eigenvalue weighted by Crippen LogP contribution is 2.44. The van der Waals surface area contributed by atoms with Crippen LogP contribution >= 0.6 is 0 Å². The van der Waals surface area contributed by atoms with E-state index >= 15 is 0 Å². The number of aliphatic imine (C=N–C) groups is 1. The fraction of sp³-hybridized carbons (Fsp3) is 0.588. The van der Waals surface area contributed by atoms with Crippen LogP contribution < -0.4 is 0 Å². The Bertz CT molecular complexity index is 494. The molecule has 0 radical (unpaired) electrons. The van der Waals surface area contributed by atoms with Crippen LogP contribution in [0.2, 0.25) is 0 Å². The highest BCUT2D eigenvalue weighted by atomic mass is 16.5. The number of rotatable bonds is 6. The Balaban J connectivity index is 2.05. The van der Waals surface area contributed by atoms with Gasteiger partial charge >= 0.3 is 0 Å². The lowest BCUT2D eigenvalue weighted by Crippen LogP contribution is -2.31. The van der Waals surface area contributed by atoms with Crippen molar-refractivity contribution >= 4 is 6.08 Å². The molecule has 0 saturated heterocycles. The summed E-state index contributed by atoms with van der Waals surface area (Å²) in [6, 6.07) is 8.49. The van der Waals surface area contributed by atoms with Crippen molar-refractivity contribution in [1.29, 1.82) is 0 Å². The van der Waals surface area contributed by atoms with Crippen LogP contribution in [0, 0.1) is 0 Å². The van der Waals surface area contributed by atoms with Gasteiger partial charge in [-0.05, 0) is 57.1 Å². The number of ether oxygens (including phenoxy) is 1. The monoisotopic (exact) mass is 273 g/mol. The number of isocyanates is 1. The molecule has 1 aromatic rings. The third kappa shape index (κ3) is 3.17. The molecule has 0 amide bonds. The van der Waals surface area contributed by atoms with E-state index in [1.807, 2.05) is 0 Å². The molecule has 0 aliphatic heterocycles. The third-order valence-electron chi connectivity index (χ3n) is 4.50. The van der Waals surface area contributed by atoms with E-state index in [0.29, 0.717) is 0 Å². The second-order valence-electron chi connectivity index (χ2n) is 6.25. The summed E-state index contributed by atoms with van der Waals surface area (Å²) in [5.74, 6) is 0. The van der Waals surface area contributed by atoms with Crippen molar-refractivity contribution in [3.8, 4) is 0 Å². The number of carbonyl (C=O) groups excluding carboxylic acids is 1.